The third-order valence-electron chi connectivity index (χ3n) is 4.46. The lowest BCUT2D eigenvalue weighted by Gasteiger charge is -2.41. The zero-order chi connectivity index (χ0) is 17.2. The number of nitrogens with zero attached hydrogens (tertiary/aromatic N) is 1. The molecule has 0 aliphatic carbocycles. The summed E-state index contributed by atoms with van der Waals surface area (Å²) in [6.45, 7) is 1.43. The van der Waals surface area contributed by atoms with Gasteiger partial charge in [0.25, 0.3) is 0 Å². The van der Waals surface area contributed by atoms with Gasteiger partial charge in [0.05, 0.1) is 31.1 Å². The van der Waals surface area contributed by atoms with E-state index in [0.29, 0.717) is 13.1 Å². The molecule has 1 aromatic carbocycles. The number of benzene rings is 1. The minimum Gasteiger partial charge on any atom is -0.376 e. The van der Waals surface area contributed by atoms with Crippen LogP contribution >= 0.6 is 0 Å². The second kappa shape index (κ2) is 6.60. The molecule has 0 bridgehead atoms. The quantitative estimate of drug-likeness (QED) is 0.753. The Bertz CT molecular complexity index is 642. The van der Waals surface area contributed by atoms with E-state index in [0.717, 1.165) is 5.56 Å². The van der Waals surface area contributed by atoms with Gasteiger partial charge in [-0.25, -0.2) is 0 Å². The van der Waals surface area contributed by atoms with Gasteiger partial charge < -0.3 is 20.7 Å². The van der Waals surface area contributed by atoms with Gasteiger partial charge in [-0.1, -0.05) is 30.3 Å². The first kappa shape index (κ1) is 16.4. The van der Waals surface area contributed by atoms with Crippen molar-refractivity contribution in [2.24, 2.45) is 11.7 Å². The van der Waals surface area contributed by atoms with Crippen LogP contribution in [0.15, 0.2) is 30.3 Å². The van der Waals surface area contributed by atoms with Crippen molar-refractivity contribution < 1.29 is 19.1 Å². The molecule has 0 radical (unpaired) electrons. The second-order valence-electron chi connectivity index (χ2n) is 6.57. The number of carbonyl (C=O) groups is 3. The third kappa shape index (κ3) is 3.56. The molecule has 1 aromatic rings. The van der Waals surface area contributed by atoms with Crippen LogP contribution in [-0.2, 0) is 25.7 Å². The van der Waals surface area contributed by atoms with E-state index in [1.807, 2.05) is 30.3 Å². The number of hydrogen-bond donors (Lipinski definition) is 2. The average Bonchev–Trinajstić information content (AvgIpc) is 2.87. The molecule has 0 aromatic heterocycles. The molecule has 3 N–H and O–H groups in total. The summed E-state index contributed by atoms with van der Waals surface area (Å²) in [5.41, 5.74) is 5.56. The van der Waals surface area contributed by atoms with E-state index in [1.165, 1.54) is 0 Å². The number of likely N-dealkylation sites (tertiary alicyclic amines) is 1. The zero-order valence-corrected chi connectivity index (χ0v) is 13.4. The molecule has 2 fully saturated rings. The molecule has 7 nitrogen and oxygen atoms in total. The molecule has 0 saturated carbocycles. The van der Waals surface area contributed by atoms with Crippen molar-refractivity contribution in [2.75, 3.05) is 19.8 Å². The summed E-state index contributed by atoms with van der Waals surface area (Å²) in [6, 6.07) is 9.67. The van der Waals surface area contributed by atoms with Gasteiger partial charge in [-0.2, -0.15) is 0 Å². The molecule has 24 heavy (non-hydrogen) atoms. The van der Waals surface area contributed by atoms with E-state index >= 15 is 0 Å². The standard InChI is InChI=1S/C17H21N3O4/c18-14(21)7-17(10-24-11-17)19-16(23)13-6-15(22)20(9-13)8-12-4-2-1-3-5-12/h1-5,13H,6-11H2,(H2,18,21)(H,19,23). The Morgan fingerprint density at radius 3 is 2.58 bits per heavy atom. The Morgan fingerprint density at radius 1 is 1.29 bits per heavy atom. The lowest BCUT2D eigenvalue weighted by atomic mass is 9.91. The molecule has 128 valence electrons. The molecule has 2 saturated heterocycles. The topological polar surface area (TPSA) is 102 Å². The van der Waals surface area contributed by atoms with Gasteiger partial charge in [-0.3, -0.25) is 14.4 Å². The predicted molar refractivity (Wildman–Crippen MR) is 85.5 cm³/mol. The van der Waals surface area contributed by atoms with Crippen LogP contribution in [0.25, 0.3) is 0 Å². The van der Waals surface area contributed by atoms with Gasteiger partial charge >= 0.3 is 0 Å². The van der Waals surface area contributed by atoms with E-state index in [9.17, 15) is 14.4 Å². The first-order valence-electron chi connectivity index (χ1n) is 7.97. The van der Waals surface area contributed by atoms with Crippen LogP contribution in [0.3, 0.4) is 0 Å². The van der Waals surface area contributed by atoms with Crippen molar-refractivity contribution in [2.45, 2.75) is 24.9 Å². The van der Waals surface area contributed by atoms with Crippen molar-refractivity contribution in [1.29, 1.82) is 0 Å². The van der Waals surface area contributed by atoms with Crippen molar-refractivity contribution in [3.05, 3.63) is 35.9 Å². The Balaban J connectivity index is 1.58. The summed E-state index contributed by atoms with van der Waals surface area (Å²) >= 11 is 0. The van der Waals surface area contributed by atoms with Crippen LogP contribution in [0, 0.1) is 5.92 Å². The van der Waals surface area contributed by atoms with Gasteiger partial charge in [0.2, 0.25) is 17.7 Å². The number of carbonyl (C=O) groups excluding carboxylic acids is 3. The van der Waals surface area contributed by atoms with Gasteiger partial charge in [-0.05, 0) is 5.56 Å². The Labute approximate surface area is 140 Å². The summed E-state index contributed by atoms with van der Waals surface area (Å²) in [6.07, 6.45) is 0.235. The molecule has 2 aliphatic heterocycles. The fourth-order valence-corrected chi connectivity index (χ4v) is 3.17. The minimum absolute atomic E-state index is 0.0344. The molecule has 0 spiro atoms. The highest BCUT2D eigenvalue weighted by atomic mass is 16.5. The molecule has 2 heterocycles. The molecule has 3 amide bonds. The fraction of sp³-hybridized carbons (Fsp3) is 0.471. The van der Waals surface area contributed by atoms with Crippen LogP contribution in [0.1, 0.15) is 18.4 Å². The molecule has 1 unspecified atom stereocenters. The summed E-state index contributed by atoms with van der Waals surface area (Å²) in [4.78, 5) is 37.5. The first-order valence-corrected chi connectivity index (χ1v) is 7.97. The molecule has 3 rings (SSSR count). The fourth-order valence-electron chi connectivity index (χ4n) is 3.17. The number of nitrogens with two attached hydrogens (primary N) is 1. The van der Waals surface area contributed by atoms with Crippen molar-refractivity contribution >= 4 is 17.7 Å². The maximum absolute atomic E-state index is 12.5. The number of hydrogen-bond acceptors (Lipinski definition) is 4. The number of ether oxygens (including phenoxy) is 1. The lowest BCUT2D eigenvalue weighted by molar-refractivity contribution is -0.141. The summed E-state index contributed by atoms with van der Waals surface area (Å²) in [7, 11) is 0. The lowest BCUT2D eigenvalue weighted by Crippen LogP contribution is -2.64. The summed E-state index contributed by atoms with van der Waals surface area (Å²) in [5, 5.41) is 2.86. The second-order valence-corrected chi connectivity index (χ2v) is 6.57. The van der Waals surface area contributed by atoms with Gasteiger partial charge in [0.15, 0.2) is 0 Å². The molecule has 7 heteroatoms. The van der Waals surface area contributed by atoms with Crippen molar-refractivity contribution in [3.63, 3.8) is 0 Å². The van der Waals surface area contributed by atoms with Crippen molar-refractivity contribution in [3.8, 4) is 0 Å². The molecular formula is C17H21N3O4. The Morgan fingerprint density at radius 2 is 2.00 bits per heavy atom. The van der Waals surface area contributed by atoms with E-state index in [-0.39, 0.29) is 37.9 Å². The number of nitrogens with one attached hydrogen (secondary N) is 1. The zero-order valence-electron chi connectivity index (χ0n) is 13.4. The smallest absolute Gasteiger partial charge is 0.226 e. The number of amides is 3. The monoisotopic (exact) mass is 331 g/mol. The minimum atomic E-state index is -0.710. The normalized spacial score (nSPS) is 22.1. The average molecular weight is 331 g/mol. The number of rotatable bonds is 6. The van der Waals surface area contributed by atoms with E-state index < -0.39 is 17.4 Å². The predicted octanol–water partition coefficient (Wildman–Crippen LogP) is -0.204. The van der Waals surface area contributed by atoms with Gasteiger partial charge in [-0.15, -0.1) is 0 Å². The first-order chi connectivity index (χ1) is 11.5. The van der Waals surface area contributed by atoms with Gasteiger partial charge in [0.1, 0.15) is 0 Å². The van der Waals surface area contributed by atoms with Crippen LogP contribution in [-0.4, -0.2) is 47.9 Å². The SMILES string of the molecule is NC(=O)CC1(NC(=O)C2CC(=O)N(Cc3ccccc3)C2)COC1. The maximum Gasteiger partial charge on any atom is 0.226 e. The molecular weight excluding hydrogens is 310 g/mol. The van der Waals surface area contributed by atoms with E-state index in [1.54, 1.807) is 4.90 Å². The summed E-state index contributed by atoms with van der Waals surface area (Å²) < 4.78 is 5.12. The highest BCUT2D eigenvalue weighted by Gasteiger charge is 2.44. The van der Waals surface area contributed by atoms with Crippen molar-refractivity contribution in [1.82, 2.24) is 10.2 Å². The Hall–Kier alpha value is -2.41. The maximum atomic E-state index is 12.5. The summed E-state index contributed by atoms with van der Waals surface area (Å²) in [5.74, 6) is -1.14. The van der Waals surface area contributed by atoms with Crippen LogP contribution in [0.2, 0.25) is 0 Å². The van der Waals surface area contributed by atoms with Crippen LogP contribution in [0.5, 0.6) is 0 Å². The van der Waals surface area contributed by atoms with E-state index in [4.69, 9.17) is 10.5 Å². The largest absolute Gasteiger partial charge is 0.376 e. The molecule has 1 atom stereocenters. The van der Waals surface area contributed by atoms with Gasteiger partial charge in [0, 0.05) is 19.5 Å². The molecule has 2 aliphatic rings. The highest BCUT2D eigenvalue weighted by Crippen LogP contribution is 2.25. The third-order valence-corrected chi connectivity index (χ3v) is 4.46. The van der Waals surface area contributed by atoms with Crippen LogP contribution < -0.4 is 11.1 Å². The Kier molecular flexibility index (Phi) is 4.53. The number of primary amides is 1. The van der Waals surface area contributed by atoms with Crippen LogP contribution in [0.4, 0.5) is 0 Å². The van der Waals surface area contributed by atoms with E-state index in [2.05, 4.69) is 5.32 Å². The highest BCUT2D eigenvalue weighted by molar-refractivity contribution is 5.90.